The molecule has 1 aromatic rings. The lowest BCUT2D eigenvalue weighted by atomic mass is 10.00. The Morgan fingerprint density at radius 2 is 1.60 bits per heavy atom. The molecule has 1 saturated heterocycles. The zero-order valence-corrected chi connectivity index (χ0v) is 8.43. The Hall–Kier alpha value is -1.48. The van der Waals surface area contributed by atoms with Gasteiger partial charge in [-0.2, -0.15) is 0 Å². The summed E-state index contributed by atoms with van der Waals surface area (Å²) in [6, 6.07) is 7.25. The second-order valence-corrected chi connectivity index (χ2v) is 4.26. The molecular weight excluding hydrogens is 190 g/mol. The summed E-state index contributed by atoms with van der Waals surface area (Å²) in [5.41, 5.74) is 1.21. The summed E-state index contributed by atoms with van der Waals surface area (Å²) in [6.07, 6.45) is 0. The van der Waals surface area contributed by atoms with E-state index in [9.17, 15) is 9.59 Å². The zero-order valence-electron chi connectivity index (χ0n) is 8.43. The molecule has 0 radical (unpaired) electrons. The highest BCUT2D eigenvalue weighted by Crippen LogP contribution is 2.35. The Labute approximate surface area is 87.7 Å². The molecule has 15 heavy (non-hydrogen) atoms. The van der Waals surface area contributed by atoms with E-state index in [1.807, 2.05) is 24.1 Å². The Morgan fingerprint density at radius 3 is 2.00 bits per heavy atom. The van der Waals surface area contributed by atoms with E-state index in [2.05, 4.69) is 0 Å². The maximum absolute atomic E-state index is 12.0. The summed E-state index contributed by atoms with van der Waals surface area (Å²) in [7, 11) is 1.94. The van der Waals surface area contributed by atoms with Gasteiger partial charge >= 0.3 is 0 Å². The van der Waals surface area contributed by atoms with E-state index in [-0.39, 0.29) is 17.6 Å². The summed E-state index contributed by atoms with van der Waals surface area (Å²) < 4.78 is 0. The first-order chi connectivity index (χ1) is 7.20. The predicted octanol–water partition coefficient (Wildman–Crippen LogP) is 0.996. The smallest absolute Gasteiger partial charge is 0.176 e. The zero-order chi connectivity index (χ0) is 10.6. The molecule has 3 heteroatoms. The average Bonchev–Trinajstić information content (AvgIpc) is 2.89. The van der Waals surface area contributed by atoms with Gasteiger partial charge in [-0.1, -0.05) is 24.3 Å². The van der Waals surface area contributed by atoms with Gasteiger partial charge in [-0.25, -0.2) is 0 Å². The molecule has 2 unspecified atom stereocenters. The lowest BCUT2D eigenvalue weighted by Gasteiger charge is -2.03. The summed E-state index contributed by atoms with van der Waals surface area (Å²) in [4.78, 5) is 26.0. The lowest BCUT2D eigenvalue weighted by Crippen LogP contribution is -2.23. The number of hydrogen-bond acceptors (Lipinski definition) is 3. The van der Waals surface area contributed by atoms with Crippen LogP contribution >= 0.6 is 0 Å². The van der Waals surface area contributed by atoms with Crippen LogP contribution in [-0.4, -0.2) is 36.1 Å². The van der Waals surface area contributed by atoms with Gasteiger partial charge in [-0.3, -0.25) is 14.5 Å². The summed E-state index contributed by atoms with van der Waals surface area (Å²) in [6.45, 7) is 0.857. The van der Waals surface area contributed by atoms with Crippen molar-refractivity contribution in [1.29, 1.82) is 0 Å². The number of carbonyl (C=O) groups excluding carboxylic acids is 2. The van der Waals surface area contributed by atoms with Gasteiger partial charge in [-0.05, 0) is 7.05 Å². The van der Waals surface area contributed by atoms with Crippen LogP contribution < -0.4 is 0 Å². The number of benzene rings is 1. The van der Waals surface area contributed by atoms with E-state index in [0.29, 0.717) is 11.1 Å². The van der Waals surface area contributed by atoms with Crippen LogP contribution in [0.4, 0.5) is 0 Å². The Balaban J connectivity index is 2.05. The van der Waals surface area contributed by atoms with Gasteiger partial charge in [0.25, 0.3) is 0 Å². The van der Waals surface area contributed by atoms with E-state index in [1.165, 1.54) is 0 Å². The summed E-state index contributed by atoms with van der Waals surface area (Å²) in [5.74, 6) is -0.428. The molecule has 76 valence electrons. The molecule has 0 spiro atoms. The summed E-state index contributed by atoms with van der Waals surface area (Å²) >= 11 is 0. The minimum Gasteiger partial charge on any atom is -0.299 e. The minimum absolute atomic E-state index is 0.00458. The molecule has 2 aliphatic rings. The van der Waals surface area contributed by atoms with Gasteiger partial charge in [0, 0.05) is 23.7 Å². The van der Waals surface area contributed by atoms with Crippen molar-refractivity contribution < 1.29 is 9.59 Å². The summed E-state index contributed by atoms with van der Waals surface area (Å²) in [5, 5.41) is 0. The van der Waals surface area contributed by atoms with Crippen LogP contribution in [0.15, 0.2) is 24.3 Å². The first-order valence-corrected chi connectivity index (χ1v) is 5.08. The Bertz CT molecular complexity index is 431. The Kier molecular flexibility index (Phi) is 1.62. The van der Waals surface area contributed by atoms with Crippen LogP contribution in [0.2, 0.25) is 0 Å². The number of nitrogens with zero attached hydrogens (tertiary/aromatic N) is 1. The van der Waals surface area contributed by atoms with Crippen LogP contribution in [0, 0.1) is 5.92 Å². The van der Waals surface area contributed by atoms with Gasteiger partial charge in [0.05, 0.1) is 0 Å². The quantitative estimate of drug-likeness (QED) is 0.502. The minimum atomic E-state index is -0.438. The number of hydrogen-bond donors (Lipinski definition) is 0. The van der Waals surface area contributed by atoms with E-state index in [4.69, 9.17) is 0 Å². The molecule has 0 saturated carbocycles. The van der Waals surface area contributed by atoms with E-state index >= 15 is 0 Å². The van der Waals surface area contributed by atoms with Crippen molar-refractivity contribution in [3.63, 3.8) is 0 Å². The third-order valence-corrected chi connectivity index (χ3v) is 3.32. The molecule has 0 bridgehead atoms. The first-order valence-electron chi connectivity index (χ1n) is 5.08. The number of carbonyl (C=O) groups is 2. The molecule has 0 aromatic heterocycles. The standard InChI is InChI=1S/C12H11NO2/c1-13-6-9(13)10-11(14)7-4-2-3-5-8(7)12(10)15/h2-5,9-10H,6H2,1H3. The lowest BCUT2D eigenvalue weighted by molar-refractivity contribution is 0.0829. The number of ketones is 2. The highest BCUT2D eigenvalue weighted by molar-refractivity contribution is 6.27. The van der Waals surface area contributed by atoms with Crippen molar-refractivity contribution >= 4 is 11.6 Å². The molecule has 0 N–H and O–H groups in total. The molecular formula is C12H11NO2. The highest BCUT2D eigenvalue weighted by Gasteiger charge is 2.50. The van der Waals surface area contributed by atoms with Crippen LogP contribution in [0.25, 0.3) is 0 Å². The van der Waals surface area contributed by atoms with Gasteiger partial charge < -0.3 is 0 Å². The second-order valence-electron chi connectivity index (χ2n) is 4.26. The van der Waals surface area contributed by atoms with Gasteiger partial charge in [0.2, 0.25) is 0 Å². The van der Waals surface area contributed by atoms with Crippen LogP contribution in [0.1, 0.15) is 20.7 Å². The third-order valence-electron chi connectivity index (χ3n) is 3.32. The van der Waals surface area contributed by atoms with Crippen molar-refractivity contribution in [2.45, 2.75) is 6.04 Å². The largest absolute Gasteiger partial charge is 0.299 e. The first kappa shape index (κ1) is 8.80. The molecule has 3 nitrogen and oxygen atoms in total. The number of rotatable bonds is 1. The van der Waals surface area contributed by atoms with Crippen LogP contribution in [0.5, 0.6) is 0 Å². The van der Waals surface area contributed by atoms with Crippen molar-refractivity contribution in [2.75, 3.05) is 13.6 Å². The molecule has 3 rings (SSSR count). The molecule has 1 aromatic carbocycles. The molecule has 1 aliphatic heterocycles. The number of Topliss-reactive ketones (excluding diaryl/α,β-unsaturated/α-hetero) is 2. The molecule has 0 amide bonds. The van der Waals surface area contributed by atoms with Crippen LogP contribution in [0.3, 0.4) is 0 Å². The second kappa shape index (κ2) is 2.76. The van der Waals surface area contributed by atoms with Crippen molar-refractivity contribution in [2.24, 2.45) is 5.92 Å². The maximum atomic E-state index is 12.0. The van der Waals surface area contributed by atoms with Gasteiger partial charge in [0.15, 0.2) is 11.6 Å². The topological polar surface area (TPSA) is 37.1 Å². The highest BCUT2D eigenvalue weighted by atomic mass is 16.2. The van der Waals surface area contributed by atoms with E-state index in [0.717, 1.165) is 6.54 Å². The van der Waals surface area contributed by atoms with Gasteiger partial charge in [0.1, 0.15) is 5.92 Å². The third kappa shape index (κ3) is 1.10. The predicted molar refractivity (Wildman–Crippen MR) is 55.0 cm³/mol. The van der Waals surface area contributed by atoms with Gasteiger partial charge in [-0.15, -0.1) is 0 Å². The number of fused-ring (bicyclic) bond motifs is 1. The molecule has 1 aliphatic carbocycles. The monoisotopic (exact) mass is 201 g/mol. The molecule has 1 fully saturated rings. The fourth-order valence-electron chi connectivity index (χ4n) is 2.32. The SMILES string of the molecule is CN1CC1C1C(=O)c2ccccc2C1=O. The van der Waals surface area contributed by atoms with Crippen LogP contribution in [-0.2, 0) is 0 Å². The Morgan fingerprint density at radius 1 is 1.13 bits per heavy atom. The van der Waals surface area contributed by atoms with Crippen molar-refractivity contribution in [3.8, 4) is 0 Å². The average molecular weight is 201 g/mol. The van der Waals surface area contributed by atoms with Crippen molar-refractivity contribution in [3.05, 3.63) is 35.4 Å². The van der Waals surface area contributed by atoms with E-state index < -0.39 is 5.92 Å². The number of likely N-dealkylation sites (N-methyl/N-ethyl adjacent to an activating group) is 1. The van der Waals surface area contributed by atoms with E-state index in [1.54, 1.807) is 12.1 Å². The maximum Gasteiger partial charge on any atom is 0.176 e. The fraction of sp³-hybridized carbons (Fsp3) is 0.333. The molecule has 1 heterocycles. The fourth-order valence-corrected chi connectivity index (χ4v) is 2.32. The normalized spacial score (nSPS) is 29.4. The molecule has 2 atom stereocenters. The van der Waals surface area contributed by atoms with Crippen molar-refractivity contribution in [1.82, 2.24) is 4.90 Å².